The molecular formula is C24H27N5O3. The molecule has 32 heavy (non-hydrogen) atoms. The molecule has 0 saturated carbocycles. The number of anilines is 2. The molecule has 3 aromatic rings. The Kier molecular flexibility index (Phi) is 6.20. The van der Waals surface area contributed by atoms with Gasteiger partial charge in [0, 0.05) is 48.6 Å². The molecule has 4 heterocycles. The molecule has 3 atom stereocenters. The van der Waals surface area contributed by atoms with Gasteiger partial charge < -0.3 is 20.3 Å². The molecule has 8 heteroatoms. The van der Waals surface area contributed by atoms with Crippen molar-refractivity contribution >= 4 is 18.2 Å². The first-order valence-corrected chi connectivity index (χ1v) is 10.7. The standard InChI is InChI=1S/C23H25N5O.CH2O2/c1-15-10-21(26-23(24)25-15)27-13-17-12-18(14-27)20(11-16-6-3-2-4-7-16)28-19(17)8-5-9-22(28)29;2-1-3/h2-10,17-18,20H,11-14H2,1H3,(H2,24,25,26);1H,(H,2,3)/t17-,18+,20+;/m1./s1. The number of fused-ring (bicyclic) bond motifs is 4. The molecular weight excluding hydrogens is 406 g/mol. The molecule has 2 bridgehead atoms. The Hall–Kier alpha value is -3.68. The molecule has 166 valence electrons. The first kappa shape index (κ1) is 21.5. The predicted octanol–water partition coefficient (Wildman–Crippen LogP) is 2.64. The van der Waals surface area contributed by atoms with E-state index in [0.717, 1.165) is 43.1 Å². The lowest BCUT2D eigenvalue weighted by Gasteiger charge is -2.47. The second-order valence-electron chi connectivity index (χ2n) is 8.34. The number of carboxylic acid groups (broad SMARTS) is 1. The average Bonchev–Trinajstić information content (AvgIpc) is 2.77. The Bertz CT molecular complexity index is 1130. The Morgan fingerprint density at radius 1 is 1.12 bits per heavy atom. The number of carbonyl (C=O) groups is 1. The van der Waals surface area contributed by atoms with Gasteiger partial charge >= 0.3 is 0 Å². The summed E-state index contributed by atoms with van der Waals surface area (Å²) in [5, 5.41) is 6.89. The van der Waals surface area contributed by atoms with Gasteiger partial charge in [-0.3, -0.25) is 9.59 Å². The number of piperidine rings is 1. The van der Waals surface area contributed by atoms with Crippen LogP contribution in [0.2, 0.25) is 0 Å². The van der Waals surface area contributed by atoms with Gasteiger partial charge in [0.2, 0.25) is 5.95 Å². The first-order valence-electron chi connectivity index (χ1n) is 10.7. The second-order valence-corrected chi connectivity index (χ2v) is 8.34. The highest BCUT2D eigenvalue weighted by Gasteiger charge is 2.40. The van der Waals surface area contributed by atoms with Crippen LogP contribution < -0.4 is 16.2 Å². The summed E-state index contributed by atoms with van der Waals surface area (Å²) >= 11 is 0. The van der Waals surface area contributed by atoms with Crippen molar-refractivity contribution in [2.45, 2.75) is 31.7 Å². The fourth-order valence-corrected chi connectivity index (χ4v) is 5.08. The monoisotopic (exact) mass is 433 g/mol. The number of nitrogen functional groups attached to an aromatic ring is 1. The third-order valence-corrected chi connectivity index (χ3v) is 6.27. The fourth-order valence-electron chi connectivity index (χ4n) is 5.08. The Labute approximate surface area is 186 Å². The SMILES string of the molecule is Cc1cc(N2C[C@H]3C[C@@H](C2)[C@H](Cc2ccccc2)n2c3cccc2=O)nc(N)n1.O=CO. The van der Waals surface area contributed by atoms with Gasteiger partial charge in [-0.1, -0.05) is 36.4 Å². The maximum atomic E-state index is 12.8. The molecule has 2 aliphatic rings. The number of nitrogens with zero attached hydrogens (tertiary/aromatic N) is 4. The van der Waals surface area contributed by atoms with Crippen LogP contribution in [-0.4, -0.2) is 39.2 Å². The van der Waals surface area contributed by atoms with E-state index in [1.807, 2.05) is 25.1 Å². The van der Waals surface area contributed by atoms with Gasteiger partial charge in [0.25, 0.3) is 12.0 Å². The largest absolute Gasteiger partial charge is 0.483 e. The summed E-state index contributed by atoms with van der Waals surface area (Å²) in [6, 6.07) is 18.3. The van der Waals surface area contributed by atoms with Crippen LogP contribution in [0.4, 0.5) is 11.8 Å². The number of pyridine rings is 1. The first-order chi connectivity index (χ1) is 15.5. The van der Waals surface area contributed by atoms with Gasteiger partial charge in [0.15, 0.2) is 0 Å². The number of hydrogen-bond donors (Lipinski definition) is 2. The second kappa shape index (κ2) is 9.21. The van der Waals surface area contributed by atoms with Crippen LogP contribution in [0.5, 0.6) is 0 Å². The van der Waals surface area contributed by atoms with Crippen LogP contribution in [0.25, 0.3) is 0 Å². The number of nitrogens with two attached hydrogens (primary N) is 1. The Morgan fingerprint density at radius 3 is 2.59 bits per heavy atom. The van der Waals surface area contributed by atoms with Gasteiger partial charge in [-0.15, -0.1) is 0 Å². The van der Waals surface area contributed by atoms with Gasteiger partial charge in [0.1, 0.15) is 5.82 Å². The molecule has 0 unspecified atom stereocenters. The quantitative estimate of drug-likeness (QED) is 0.610. The highest BCUT2D eigenvalue weighted by atomic mass is 16.3. The minimum Gasteiger partial charge on any atom is -0.483 e. The van der Waals surface area contributed by atoms with E-state index in [1.165, 1.54) is 5.56 Å². The Morgan fingerprint density at radius 2 is 1.88 bits per heavy atom. The van der Waals surface area contributed by atoms with E-state index in [0.29, 0.717) is 17.8 Å². The lowest BCUT2D eigenvalue weighted by molar-refractivity contribution is -0.122. The van der Waals surface area contributed by atoms with Crippen LogP contribution in [0, 0.1) is 12.8 Å². The predicted molar refractivity (Wildman–Crippen MR) is 123 cm³/mol. The van der Waals surface area contributed by atoms with E-state index in [4.69, 9.17) is 15.6 Å². The van der Waals surface area contributed by atoms with Gasteiger partial charge in [-0.05, 0) is 37.3 Å². The van der Waals surface area contributed by atoms with Crippen molar-refractivity contribution in [1.29, 1.82) is 0 Å². The number of aromatic nitrogens is 3. The summed E-state index contributed by atoms with van der Waals surface area (Å²) in [6.07, 6.45) is 1.95. The molecule has 0 spiro atoms. The minimum atomic E-state index is -0.250. The summed E-state index contributed by atoms with van der Waals surface area (Å²) in [4.78, 5) is 32.2. The molecule has 8 nitrogen and oxygen atoms in total. The van der Waals surface area contributed by atoms with Crippen LogP contribution >= 0.6 is 0 Å². The molecule has 5 rings (SSSR count). The molecule has 1 saturated heterocycles. The van der Waals surface area contributed by atoms with E-state index in [2.05, 4.69) is 49.8 Å². The zero-order valence-electron chi connectivity index (χ0n) is 18.0. The van der Waals surface area contributed by atoms with Gasteiger partial charge in [-0.25, -0.2) is 4.98 Å². The van der Waals surface area contributed by atoms with E-state index in [9.17, 15) is 4.79 Å². The molecule has 0 radical (unpaired) electrons. The summed E-state index contributed by atoms with van der Waals surface area (Å²) in [7, 11) is 0. The topological polar surface area (TPSA) is 114 Å². The fraction of sp³-hybridized carbons (Fsp3) is 0.333. The smallest absolute Gasteiger partial charge is 0.290 e. The van der Waals surface area contributed by atoms with E-state index < -0.39 is 0 Å². The van der Waals surface area contributed by atoms with Gasteiger partial charge in [-0.2, -0.15) is 4.98 Å². The summed E-state index contributed by atoms with van der Waals surface area (Å²) in [6.45, 7) is 3.40. The maximum absolute atomic E-state index is 12.8. The van der Waals surface area contributed by atoms with Gasteiger partial charge in [0.05, 0.1) is 0 Å². The van der Waals surface area contributed by atoms with Crippen LogP contribution in [0.3, 0.4) is 0 Å². The molecule has 2 aromatic heterocycles. The highest BCUT2D eigenvalue weighted by molar-refractivity contribution is 5.45. The lowest BCUT2D eigenvalue weighted by Crippen LogP contribution is -2.50. The molecule has 0 amide bonds. The molecule has 2 aliphatic heterocycles. The number of hydrogen-bond acceptors (Lipinski definition) is 6. The number of rotatable bonds is 3. The van der Waals surface area contributed by atoms with E-state index >= 15 is 0 Å². The third kappa shape index (κ3) is 4.34. The molecule has 3 N–H and O–H groups in total. The Balaban J connectivity index is 0.000000775. The summed E-state index contributed by atoms with van der Waals surface area (Å²) in [5.41, 5.74) is 9.29. The lowest BCUT2D eigenvalue weighted by atomic mass is 9.76. The van der Waals surface area contributed by atoms with Crippen molar-refractivity contribution in [3.05, 3.63) is 81.9 Å². The van der Waals surface area contributed by atoms with Crippen molar-refractivity contribution in [1.82, 2.24) is 14.5 Å². The van der Waals surface area contributed by atoms with E-state index in [1.54, 1.807) is 6.07 Å². The van der Waals surface area contributed by atoms with Crippen LogP contribution in [0.15, 0.2) is 59.4 Å². The molecule has 1 fully saturated rings. The summed E-state index contributed by atoms with van der Waals surface area (Å²) < 4.78 is 2.06. The van der Waals surface area contributed by atoms with E-state index in [-0.39, 0.29) is 18.1 Å². The number of benzene rings is 1. The summed E-state index contributed by atoms with van der Waals surface area (Å²) in [5.74, 6) is 1.88. The van der Waals surface area contributed by atoms with Crippen molar-refractivity contribution in [3.8, 4) is 0 Å². The van der Waals surface area contributed by atoms with Crippen LogP contribution in [-0.2, 0) is 11.2 Å². The van der Waals surface area contributed by atoms with Crippen molar-refractivity contribution in [3.63, 3.8) is 0 Å². The van der Waals surface area contributed by atoms with Crippen molar-refractivity contribution in [2.75, 3.05) is 23.7 Å². The molecule has 0 aliphatic carbocycles. The van der Waals surface area contributed by atoms with Crippen molar-refractivity contribution < 1.29 is 9.90 Å². The minimum absolute atomic E-state index is 0.105. The van der Waals surface area contributed by atoms with Crippen LogP contribution in [0.1, 0.15) is 35.3 Å². The molecule has 1 aromatic carbocycles. The highest BCUT2D eigenvalue weighted by Crippen LogP contribution is 2.43. The average molecular weight is 434 g/mol. The van der Waals surface area contributed by atoms with Crippen molar-refractivity contribution in [2.24, 2.45) is 5.92 Å². The third-order valence-electron chi connectivity index (χ3n) is 6.27. The zero-order chi connectivity index (χ0) is 22.7. The normalized spacial score (nSPS) is 21.2. The zero-order valence-corrected chi connectivity index (χ0v) is 18.0. The maximum Gasteiger partial charge on any atom is 0.290 e. The number of aryl methyl sites for hydroxylation is 1.